The average Bonchev–Trinajstić information content (AvgIpc) is 2.63. The molecule has 3 nitrogen and oxygen atoms in total. The van der Waals surface area contributed by atoms with Gasteiger partial charge in [-0.3, -0.25) is 4.79 Å². The molecule has 0 spiro atoms. The van der Waals surface area contributed by atoms with Crippen molar-refractivity contribution in [3.8, 4) is 0 Å². The fraction of sp³-hybridized carbons (Fsp3) is 0.500. The largest absolute Gasteiger partial charge is 0.345 e. The summed E-state index contributed by atoms with van der Waals surface area (Å²) in [7, 11) is 1.81. The summed E-state index contributed by atoms with van der Waals surface area (Å²) in [5.41, 5.74) is 0. The summed E-state index contributed by atoms with van der Waals surface area (Å²) in [6.45, 7) is 3.87. The van der Waals surface area contributed by atoms with Crippen molar-refractivity contribution in [1.82, 2.24) is 10.2 Å². The van der Waals surface area contributed by atoms with Crippen molar-refractivity contribution < 1.29 is 4.79 Å². The minimum atomic E-state index is 0.133. The van der Waals surface area contributed by atoms with Crippen molar-refractivity contribution in [3.63, 3.8) is 0 Å². The minimum absolute atomic E-state index is 0.133. The first-order valence-corrected chi connectivity index (χ1v) is 6.48. The van der Waals surface area contributed by atoms with Crippen molar-refractivity contribution in [3.05, 3.63) is 20.8 Å². The molecule has 5 heteroatoms. The van der Waals surface area contributed by atoms with Crippen molar-refractivity contribution in [2.45, 2.75) is 13.5 Å². The second-order valence-corrected chi connectivity index (χ2v) is 5.15. The highest BCUT2D eigenvalue weighted by Crippen LogP contribution is 2.19. The van der Waals surface area contributed by atoms with E-state index in [-0.39, 0.29) is 5.91 Å². The van der Waals surface area contributed by atoms with E-state index in [4.69, 9.17) is 0 Å². The molecule has 1 N–H and O–H groups in total. The zero-order valence-corrected chi connectivity index (χ0v) is 11.3. The fourth-order valence-corrected chi connectivity index (χ4v) is 2.47. The van der Waals surface area contributed by atoms with E-state index in [1.807, 2.05) is 19.4 Å². The Morgan fingerprint density at radius 1 is 1.67 bits per heavy atom. The number of amides is 1. The van der Waals surface area contributed by atoms with Crippen LogP contribution in [0.15, 0.2) is 15.9 Å². The van der Waals surface area contributed by atoms with Crippen molar-refractivity contribution in [2.24, 2.45) is 0 Å². The van der Waals surface area contributed by atoms with Gasteiger partial charge in [0.1, 0.15) is 0 Å². The van der Waals surface area contributed by atoms with Crippen LogP contribution in [0.25, 0.3) is 0 Å². The molecule has 0 aliphatic rings. The van der Waals surface area contributed by atoms with E-state index < -0.39 is 0 Å². The lowest BCUT2D eigenvalue weighted by molar-refractivity contribution is -0.128. The first kappa shape index (κ1) is 12.7. The Labute approximate surface area is 103 Å². The van der Waals surface area contributed by atoms with Crippen LogP contribution in [0, 0.1) is 0 Å². The van der Waals surface area contributed by atoms with Crippen LogP contribution in [0.1, 0.15) is 11.8 Å². The van der Waals surface area contributed by atoms with Gasteiger partial charge >= 0.3 is 0 Å². The highest BCUT2D eigenvalue weighted by molar-refractivity contribution is 9.10. The van der Waals surface area contributed by atoms with Gasteiger partial charge in [0.2, 0.25) is 5.91 Å². The molecule has 84 valence electrons. The maximum Gasteiger partial charge on any atom is 0.236 e. The molecule has 0 bridgehead atoms. The average molecular weight is 291 g/mol. The maximum atomic E-state index is 11.4. The van der Waals surface area contributed by atoms with Crippen molar-refractivity contribution >= 4 is 33.2 Å². The molecule has 1 aromatic heterocycles. The molecule has 0 aromatic carbocycles. The number of thiophene rings is 1. The molecule has 1 rings (SSSR count). The molecule has 0 fully saturated rings. The Bertz CT molecular complexity index is 327. The maximum absolute atomic E-state index is 11.4. The number of hydrogen-bond acceptors (Lipinski definition) is 3. The lowest BCUT2D eigenvalue weighted by atomic mass is 10.4. The van der Waals surface area contributed by atoms with Crippen LogP contribution in [0.4, 0.5) is 0 Å². The van der Waals surface area contributed by atoms with Crippen LogP contribution in [-0.4, -0.2) is 30.9 Å². The van der Waals surface area contributed by atoms with Crippen molar-refractivity contribution in [1.29, 1.82) is 0 Å². The van der Waals surface area contributed by atoms with Gasteiger partial charge in [-0.05, 0) is 28.9 Å². The zero-order chi connectivity index (χ0) is 11.3. The van der Waals surface area contributed by atoms with E-state index in [1.165, 1.54) is 4.88 Å². The summed E-state index contributed by atoms with van der Waals surface area (Å²) in [6, 6.07) is 2.06. The van der Waals surface area contributed by atoms with Crippen LogP contribution in [0.2, 0.25) is 0 Å². The van der Waals surface area contributed by atoms with Crippen LogP contribution < -0.4 is 5.32 Å². The highest BCUT2D eigenvalue weighted by Gasteiger charge is 2.05. The normalized spacial score (nSPS) is 10.3. The van der Waals surface area contributed by atoms with E-state index >= 15 is 0 Å². The number of rotatable bonds is 5. The zero-order valence-electron chi connectivity index (χ0n) is 8.92. The predicted octanol–water partition coefficient (Wildman–Crippen LogP) is 2.08. The third-order valence-electron chi connectivity index (χ3n) is 2.10. The Hall–Kier alpha value is -0.390. The smallest absolute Gasteiger partial charge is 0.236 e. The molecule has 1 amide bonds. The first-order valence-electron chi connectivity index (χ1n) is 4.81. The van der Waals surface area contributed by atoms with E-state index in [1.54, 1.807) is 16.2 Å². The predicted molar refractivity (Wildman–Crippen MR) is 67.0 cm³/mol. The molecular formula is C10H15BrN2OS. The van der Waals surface area contributed by atoms with E-state index in [2.05, 4.69) is 27.3 Å². The lowest BCUT2D eigenvalue weighted by Gasteiger charge is -2.14. The Kier molecular flexibility index (Phi) is 5.28. The van der Waals surface area contributed by atoms with Gasteiger partial charge in [0.15, 0.2) is 0 Å². The van der Waals surface area contributed by atoms with Crippen LogP contribution in [0.3, 0.4) is 0 Å². The molecule has 0 radical (unpaired) electrons. The van der Waals surface area contributed by atoms with Crippen molar-refractivity contribution in [2.75, 3.05) is 20.1 Å². The molecular weight excluding hydrogens is 276 g/mol. The summed E-state index contributed by atoms with van der Waals surface area (Å²) in [5, 5.41) is 5.17. The van der Waals surface area contributed by atoms with Crippen LogP contribution in [0.5, 0.6) is 0 Å². The van der Waals surface area contributed by atoms with E-state index in [9.17, 15) is 4.79 Å². The van der Waals surface area contributed by atoms with Gasteiger partial charge in [0, 0.05) is 34.9 Å². The number of nitrogens with zero attached hydrogens (tertiary/aromatic N) is 1. The molecule has 15 heavy (non-hydrogen) atoms. The third-order valence-corrected chi connectivity index (χ3v) is 3.79. The van der Waals surface area contributed by atoms with E-state index in [0.29, 0.717) is 6.54 Å². The number of likely N-dealkylation sites (N-methyl/N-ethyl adjacent to an activating group) is 1. The van der Waals surface area contributed by atoms with Gasteiger partial charge < -0.3 is 10.2 Å². The summed E-state index contributed by atoms with van der Waals surface area (Å²) in [5.74, 6) is 0.133. The molecule has 0 saturated heterocycles. The number of halogens is 1. The minimum Gasteiger partial charge on any atom is -0.345 e. The standard InChI is InChI=1S/C10H15BrN2OS/c1-3-13(2)10(14)6-12-5-9-4-8(11)7-15-9/h4,7,12H,3,5-6H2,1-2H3. The number of carbonyl (C=O) groups is 1. The summed E-state index contributed by atoms with van der Waals surface area (Å²) in [6.07, 6.45) is 0. The Morgan fingerprint density at radius 2 is 2.40 bits per heavy atom. The molecule has 1 aromatic rings. The summed E-state index contributed by atoms with van der Waals surface area (Å²) < 4.78 is 1.10. The molecule has 0 aliphatic heterocycles. The van der Waals surface area contributed by atoms with Gasteiger partial charge in [0.05, 0.1) is 6.54 Å². The summed E-state index contributed by atoms with van der Waals surface area (Å²) in [4.78, 5) is 14.4. The monoisotopic (exact) mass is 290 g/mol. The molecule has 0 unspecified atom stereocenters. The second-order valence-electron chi connectivity index (χ2n) is 3.24. The van der Waals surface area contributed by atoms with Gasteiger partial charge in [0.25, 0.3) is 0 Å². The number of nitrogens with one attached hydrogen (secondary N) is 1. The number of carbonyl (C=O) groups excluding carboxylic acids is 1. The van der Waals surface area contributed by atoms with Gasteiger partial charge in [-0.2, -0.15) is 0 Å². The van der Waals surface area contributed by atoms with Crippen LogP contribution in [-0.2, 0) is 11.3 Å². The molecule has 0 aliphatic carbocycles. The fourth-order valence-electron chi connectivity index (χ4n) is 1.05. The third kappa shape index (κ3) is 4.32. The lowest BCUT2D eigenvalue weighted by Crippen LogP contribution is -2.34. The molecule has 1 heterocycles. The van der Waals surface area contributed by atoms with Crippen LogP contribution >= 0.6 is 27.3 Å². The second kappa shape index (κ2) is 6.25. The SMILES string of the molecule is CCN(C)C(=O)CNCc1cc(Br)cs1. The van der Waals surface area contributed by atoms with Gasteiger partial charge in [-0.25, -0.2) is 0 Å². The van der Waals surface area contributed by atoms with Gasteiger partial charge in [-0.1, -0.05) is 0 Å². The summed E-state index contributed by atoms with van der Waals surface area (Å²) >= 11 is 5.08. The number of hydrogen-bond donors (Lipinski definition) is 1. The van der Waals surface area contributed by atoms with E-state index in [0.717, 1.165) is 17.6 Å². The topological polar surface area (TPSA) is 32.3 Å². The molecule has 0 atom stereocenters. The molecule has 0 saturated carbocycles. The highest BCUT2D eigenvalue weighted by atomic mass is 79.9. The Morgan fingerprint density at radius 3 is 2.93 bits per heavy atom. The Balaban J connectivity index is 2.24. The quantitative estimate of drug-likeness (QED) is 0.901. The first-order chi connectivity index (χ1) is 7.13. The van der Waals surface area contributed by atoms with Gasteiger partial charge in [-0.15, -0.1) is 11.3 Å².